The minimum Gasteiger partial charge on any atom is -0.481 e. The van der Waals surface area contributed by atoms with E-state index >= 15 is 0 Å². The van der Waals surface area contributed by atoms with Crippen molar-refractivity contribution in [1.82, 2.24) is 15.1 Å². The van der Waals surface area contributed by atoms with Gasteiger partial charge in [-0.25, -0.2) is 9.48 Å². The second-order valence-electron chi connectivity index (χ2n) is 5.09. The summed E-state index contributed by atoms with van der Waals surface area (Å²) in [5.74, 6) is -1.03. The summed E-state index contributed by atoms with van der Waals surface area (Å²) in [6.07, 6.45) is -3.53. The molecule has 140 valence electrons. The highest BCUT2D eigenvalue weighted by atomic mass is 19.4. The lowest BCUT2D eigenvalue weighted by Crippen LogP contribution is -2.31. The Kier molecular flexibility index (Phi) is 6.04. The number of ether oxygens (including phenoxy) is 1. The quantitative estimate of drug-likeness (QED) is 0.692. The average molecular weight is 372 g/mol. The molecule has 0 spiro atoms. The van der Waals surface area contributed by atoms with Gasteiger partial charge in [-0.3, -0.25) is 10.1 Å². The zero-order valence-electron chi connectivity index (χ0n) is 13.3. The maximum atomic E-state index is 12.1. The van der Waals surface area contributed by atoms with E-state index in [1.165, 1.54) is 41.2 Å². The number of nitrogens with zero attached hydrogens (tertiary/aromatic N) is 2. The molecule has 2 aromatic rings. The molecule has 0 radical (unpaired) electrons. The highest BCUT2D eigenvalue weighted by Crippen LogP contribution is 2.23. The number of hydrogen-bond donors (Lipinski definition) is 3. The van der Waals surface area contributed by atoms with Crippen molar-refractivity contribution in [2.24, 2.45) is 0 Å². The second kappa shape index (κ2) is 8.23. The smallest absolute Gasteiger partial charge is 0.481 e. The van der Waals surface area contributed by atoms with Crippen molar-refractivity contribution >= 4 is 17.8 Å². The number of rotatable bonds is 7. The van der Waals surface area contributed by atoms with Crippen LogP contribution >= 0.6 is 0 Å². The lowest BCUT2D eigenvalue weighted by molar-refractivity contribution is -0.274. The molecule has 2 amide bonds. The van der Waals surface area contributed by atoms with E-state index in [1.807, 2.05) is 0 Å². The summed E-state index contributed by atoms with van der Waals surface area (Å²) in [7, 11) is 0. The van der Waals surface area contributed by atoms with Crippen LogP contribution < -0.4 is 15.4 Å². The summed E-state index contributed by atoms with van der Waals surface area (Å²) in [5, 5.41) is 17.4. The summed E-state index contributed by atoms with van der Waals surface area (Å²) >= 11 is 0. The van der Waals surface area contributed by atoms with Gasteiger partial charge in [0.2, 0.25) is 0 Å². The van der Waals surface area contributed by atoms with Crippen molar-refractivity contribution in [3.8, 4) is 5.75 Å². The largest absolute Gasteiger partial charge is 0.573 e. The molecule has 0 unspecified atom stereocenters. The number of carbonyl (C=O) groups is 2. The Balaban J connectivity index is 1.93. The van der Waals surface area contributed by atoms with Gasteiger partial charge >= 0.3 is 18.4 Å². The molecule has 26 heavy (non-hydrogen) atoms. The Hall–Kier alpha value is -3.24. The van der Waals surface area contributed by atoms with E-state index in [-0.39, 0.29) is 25.3 Å². The monoisotopic (exact) mass is 372 g/mol. The first kappa shape index (κ1) is 19.1. The zero-order chi connectivity index (χ0) is 19.2. The zero-order valence-corrected chi connectivity index (χ0v) is 13.3. The predicted octanol–water partition coefficient (Wildman–Crippen LogP) is 2.43. The van der Waals surface area contributed by atoms with E-state index in [2.05, 4.69) is 20.5 Å². The van der Waals surface area contributed by atoms with Gasteiger partial charge in [-0.15, -0.1) is 13.2 Å². The van der Waals surface area contributed by atoms with Crippen LogP contribution in [0, 0.1) is 0 Å². The molecule has 0 aliphatic heterocycles. The van der Waals surface area contributed by atoms with Crippen LogP contribution in [0.3, 0.4) is 0 Å². The number of carbonyl (C=O) groups excluding carboxylic acids is 1. The summed E-state index contributed by atoms with van der Waals surface area (Å²) in [6, 6.07) is 6.18. The lowest BCUT2D eigenvalue weighted by atomic mass is 10.2. The van der Waals surface area contributed by atoms with Gasteiger partial charge in [0.25, 0.3) is 0 Å². The number of alkyl halides is 3. The fraction of sp³-hybridized carbons (Fsp3) is 0.267. The average Bonchev–Trinajstić information content (AvgIpc) is 2.94. The fourth-order valence-corrected chi connectivity index (χ4v) is 1.98. The first-order valence-electron chi connectivity index (χ1n) is 7.36. The summed E-state index contributed by atoms with van der Waals surface area (Å²) < 4.78 is 41.6. The van der Waals surface area contributed by atoms with Crippen LogP contribution in [0.5, 0.6) is 5.75 Å². The van der Waals surface area contributed by atoms with E-state index in [4.69, 9.17) is 5.11 Å². The number of halogens is 3. The normalized spacial score (nSPS) is 11.0. The molecule has 0 bridgehead atoms. The number of hydrogen-bond acceptors (Lipinski definition) is 4. The molecule has 3 N–H and O–H groups in total. The van der Waals surface area contributed by atoms with Gasteiger partial charge in [-0.05, 0) is 17.7 Å². The van der Waals surface area contributed by atoms with Crippen LogP contribution in [0.25, 0.3) is 0 Å². The van der Waals surface area contributed by atoms with Crippen molar-refractivity contribution < 1.29 is 32.6 Å². The van der Waals surface area contributed by atoms with Gasteiger partial charge in [0.15, 0.2) is 0 Å². The van der Waals surface area contributed by atoms with E-state index in [1.54, 1.807) is 0 Å². The van der Waals surface area contributed by atoms with E-state index in [9.17, 15) is 22.8 Å². The molecule has 8 nitrogen and oxygen atoms in total. The highest BCUT2D eigenvalue weighted by molar-refractivity contribution is 5.88. The minimum absolute atomic E-state index is 0.0318. The Labute approximate surface area is 145 Å². The molecular weight excluding hydrogens is 357 g/mol. The lowest BCUT2D eigenvalue weighted by Gasteiger charge is -2.11. The van der Waals surface area contributed by atoms with Gasteiger partial charge in [0, 0.05) is 12.6 Å². The molecular formula is C15H15F3N4O4. The Morgan fingerprint density at radius 2 is 1.88 bits per heavy atom. The molecule has 11 heteroatoms. The SMILES string of the molecule is O=C(O)CCNC(=O)Nc1ccnn1Cc1ccc(OC(F)(F)F)cc1. The van der Waals surface area contributed by atoms with Gasteiger partial charge in [-0.2, -0.15) is 5.10 Å². The van der Waals surface area contributed by atoms with Crippen molar-refractivity contribution in [3.63, 3.8) is 0 Å². The topological polar surface area (TPSA) is 105 Å². The summed E-state index contributed by atoms with van der Waals surface area (Å²) in [6.45, 7) is 0.167. The number of aliphatic carboxylic acids is 1. The first-order chi connectivity index (χ1) is 12.2. The van der Waals surface area contributed by atoms with Crippen LogP contribution in [-0.4, -0.2) is 39.8 Å². The summed E-state index contributed by atoms with van der Waals surface area (Å²) in [5.41, 5.74) is 0.637. The third-order valence-corrected chi connectivity index (χ3v) is 3.07. The number of urea groups is 1. The van der Waals surface area contributed by atoms with Gasteiger partial charge < -0.3 is 15.2 Å². The Bertz CT molecular complexity index is 759. The number of carboxylic acid groups (broad SMARTS) is 1. The standard InChI is InChI=1S/C15H15F3N4O4/c16-15(17,18)26-11-3-1-10(2-4-11)9-22-12(5-8-20-22)21-14(25)19-7-6-13(23)24/h1-5,8H,6-7,9H2,(H,23,24)(H2,19,21,25). The van der Waals surface area contributed by atoms with Crippen LogP contribution in [-0.2, 0) is 11.3 Å². The number of nitrogens with one attached hydrogen (secondary N) is 2. The number of carboxylic acids is 1. The fourth-order valence-electron chi connectivity index (χ4n) is 1.98. The van der Waals surface area contributed by atoms with E-state index < -0.39 is 18.4 Å². The molecule has 0 fully saturated rings. The van der Waals surface area contributed by atoms with E-state index in [0.29, 0.717) is 11.4 Å². The van der Waals surface area contributed by atoms with Crippen LogP contribution in [0.1, 0.15) is 12.0 Å². The minimum atomic E-state index is -4.76. The number of anilines is 1. The number of aromatic nitrogens is 2. The summed E-state index contributed by atoms with van der Waals surface area (Å²) in [4.78, 5) is 22.1. The third kappa shape index (κ3) is 6.34. The van der Waals surface area contributed by atoms with Crippen molar-refractivity contribution in [3.05, 3.63) is 42.1 Å². The van der Waals surface area contributed by atoms with Crippen molar-refractivity contribution in [2.45, 2.75) is 19.3 Å². The number of benzene rings is 1. The number of amides is 2. The molecule has 1 heterocycles. The molecule has 1 aromatic carbocycles. The second-order valence-corrected chi connectivity index (χ2v) is 5.09. The van der Waals surface area contributed by atoms with Crippen molar-refractivity contribution in [1.29, 1.82) is 0 Å². The molecule has 0 aliphatic rings. The molecule has 2 rings (SSSR count). The molecule has 0 saturated carbocycles. The van der Waals surface area contributed by atoms with Crippen molar-refractivity contribution in [2.75, 3.05) is 11.9 Å². The highest BCUT2D eigenvalue weighted by Gasteiger charge is 2.30. The predicted molar refractivity (Wildman–Crippen MR) is 83.7 cm³/mol. The van der Waals surface area contributed by atoms with Crippen LogP contribution in [0.2, 0.25) is 0 Å². The molecule has 1 aromatic heterocycles. The maximum absolute atomic E-state index is 12.1. The molecule has 0 aliphatic carbocycles. The van der Waals surface area contributed by atoms with Gasteiger partial charge in [0.05, 0.1) is 19.2 Å². The van der Waals surface area contributed by atoms with Crippen LogP contribution in [0.4, 0.5) is 23.8 Å². The third-order valence-electron chi connectivity index (χ3n) is 3.07. The van der Waals surface area contributed by atoms with Gasteiger partial charge in [-0.1, -0.05) is 12.1 Å². The Morgan fingerprint density at radius 1 is 1.19 bits per heavy atom. The van der Waals surface area contributed by atoms with E-state index in [0.717, 1.165) is 0 Å². The molecule has 0 saturated heterocycles. The van der Waals surface area contributed by atoms with Crippen LogP contribution in [0.15, 0.2) is 36.5 Å². The maximum Gasteiger partial charge on any atom is 0.573 e. The van der Waals surface area contributed by atoms with Gasteiger partial charge in [0.1, 0.15) is 11.6 Å². The Morgan fingerprint density at radius 3 is 2.50 bits per heavy atom. The first-order valence-corrected chi connectivity index (χ1v) is 7.36. The molecule has 0 atom stereocenters.